The molecule has 106 valence electrons. The fourth-order valence-corrected chi connectivity index (χ4v) is 2.25. The molecule has 0 saturated carbocycles. The summed E-state index contributed by atoms with van der Waals surface area (Å²) in [5.41, 5.74) is 1.04. The zero-order chi connectivity index (χ0) is 14.4. The number of carbonyl (C=O) groups is 1. The van der Waals surface area contributed by atoms with Crippen LogP contribution in [0.2, 0.25) is 0 Å². The number of rotatable bonds is 5. The van der Waals surface area contributed by atoms with Crippen molar-refractivity contribution in [1.29, 1.82) is 0 Å². The Morgan fingerprint density at radius 3 is 2.80 bits per heavy atom. The molecule has 0 aliphatic carbocycles. The number of aromatic nitrogens is 3. The van der Waals surface area contributed by atoms with Crippen molar-refractivity contribution in [2.45, 2.75) is 19.4 Å². The van der Waals surface area contributed by atoms with Crippen LogP contribution in [0.15, 0.2) is 35.3 Å². The lowest BCUT2D eigenvalue weighted by molar-refractivity contribution is -0.144. The van der Waals surface area contributed by atoms with Crippen LogP contribution >= 0.6 is 11.5 Å². The molecule has 2 aromatic rings. The number of esters is 1. The first-order valence-corrected chi connectivity index (χ1v) is 7.08. The van der Waals surface area contributed by atoms with Gasteiger partial charge >= 0.3 is 5.97 Å². The Morgan fingerprint density at radius 2 is 2.20 bits per heavy atom. The molecule has 20 heavy (non-hydrogen) atoms. The first kappa shape index (κ1) is 14.4. The van der Waals surface area contributed by atoms with E-state index in [1.807, 2.05) is 30.3 Å². The van der Waals surface area contributed by atoms with Crippen molar-refractivity contribution in [2.75, 3.05) is 6.61 Å². The summed E-state index contributed by atoms with van der Waals surface area (Å²) in [7, 11) is 1.74. The summed E-state index contributed by atoms with van der Waals surface area (Å²) >= 11 is 1.15. The Hall–Kier alpha value is -2.02. The van der Waals surface area contributed by atoms with Gasteiger partial charge in [-0.2, -0.15) is 0 Å². The molecule has 6 nitrogen and oxygen atoms in total. The SMILES string of the molecule is CCOC(=O)C(Cc1ccccc1)N=c1snnn1C. The molecule has 0 N–H and O–H groups in total. The molecule has 2 rings (SSSR count). The molecule has 0 aliphatic rings. The van der Waals surface area contributed by atoms with Crippen molar-refractivity contribution < 1.29 is 9.53 Å². The van der Waals surface area contributed by atoms with Gasteiger partial charge in [0.1, 0.15) is 0 Å². The van der Waals surface area contributed by atoms with Crippen molar-refractivity contribution in [2.24, 2.45) is 12.0 Å². The van der Waals surface area contributed by atoms with Gasteiger partial charge in [-0.3, -0.25) is 0 Å². The van der Waals surface area contributed by atoms with E-state index in [2.05, 4.69) is 14.7 Å². The monoisotopic (exact) mass is 292 g/mol. The number of nitrogens with zero attached hydrogens (tertiary/aromatic N) is 4. The summed E-state index contributed by atoms with van der Waals surface area (Å²) in [4.78, 5) is 17.0. The molecule has 0 aliphatic heterocycles. The Kier molecular flexibility index (Phi) is 5.00. The largest absolute Gasteiger partial charge is 0.464 e. The van der Waals surface area contributed by atoms with Crippen molar-refractivity contribution in [3.05, 3.63) is 40.7 Å². The number of ether oxygens (including phenoxy) is 1. The van der Waals surface area contributed by atoms with Crippen molar-refractivity contribution in [3.8, 4) is 0 Å². The maximum Gasteiger partial charge on any atom is 0.331 e. The van der Waals surface area contributed by atoms with Gasteiger partial charge in [-0.15, -0.1) is 0 Å². The predicted octanol–water partition coefficient (Wildman–Crippen LogP) is 0.952. The standard InChI is InChI=1S/C13H16N4O2S/c1-3-19-12(18)11(9-10-7-5-4-6-8-10)14-13-17(2)15-16-20-13/h4-8,11H,3,9H2,1-2H3. The maximum atomic E-state index is 12.0. The lowest BCUT2D eigenvalue weighted by Crippen LogP contribution is -2.28. The highest BCUT2D eigenvalue weighted by Crippen LogP contribution is 2.07. The van der Waals surface area contributed by atoms with E-state index < -0.39 is 6.04 Å². The van der Waals surface area contributed by atoms with Crippen LogP contribution in [-0.4, -0.2) is 33.0 Å². The highest BCUT2D eigenvalue weighted by atomic mass is 32.1. The molecule has 1 heterocycles. The van der Waals surface area contributed by atoms with Gasteiger partial charge in [0.2, 0.25) is 4.80 Å². The minimum Gasteiger partial charge on any atom is -0.464 e. The highest BCUT2D eigenvalue weighted by Gasteiger charge is 2.19. The minimum absolute atomic E-state index is 0.329. The summed E-state index contributed by atoms with van der Waals surface area (Å²) in [5.74, 6) is -0.329. The van der Waals surface area contributed by atoms with E-state index >= 15 is 0 Å². The molecule has 0 fully saturated rings. The zero-order valence-electron chi connectivity index (χ0n) is 11.4. The number of carbonyl (C=O) groups excluding carboxylic acids is 1. The van der Waals surface area contributed by atoms with E-state index in [-0.39, 0.29) is 5.97 Å². The second-order valence-electron chi connectivity index (χ2n) is 4.16. The third-order valence-electron chi connectivity index (χ3n) is 2.67. The van der Waals surface area contributed by atoms with Crippen molar-refractivity contribution in [1.82, 2.24) is 14.4 Å². The second kappa shape index (κ2) is 6.95. The number of hydrogen-bond acceptors (Lipinski definition) is 6. The van der Waals surface area contributed by atoms with Crippen molar-refractivity contribution >= 4 is 17.5 Å². The Bertz CT molecular complexity index is 621. The first-order chi connectivity index (χ1) is 9.70. The van der Waals surface area contributed by atoms with E-state index in [4.69, 9.17) is 4.74 Å². The molecular weight excluding hydrogens is 276 g/mol. The van der Waals surface area contributed by atoms with Gasteiger partial charge in [0.25, 0.3) is 0 Å². The quantitative estimate of drug-likeness (QED) is 0.769. The van der Waals surface area contributed by atoms with Crippen LogP contribution in [0.25, 0.3) is 0 Å². The Morgan fingerprint density at radius 1 is 1.45 bits per heavy atom. The zero-order valence-corrected chi connectivity index (χ0v) is 12.2. The van der Waals surface area contributed by atoms with Crippen molar-refractivity contribution in [3.63, 3.8) is 0 Å². The summed E-state index contributed by atoms with van der Waals surface area (Å²) in [6.45, 7) is 2.12. The molecule has 7 heteroatoms. The fraction of sp³-hybridized carbons (Fsp3) is 0.385. The number of hydrogen-bond donors (Lipinski definition) is 0. The van der Waals surface area contributed by atoms with E-state index in [9.17, 15) is 4.79 Å². The molecule has 0 spiro atoms. The second-order valence-corrected chi connectivity index (χ2v) is 4.87. The smallest absolute Gasteiger partial charge is 0.331 e. The molecule has 1 aromatic heterocycles. The Labute approximate surface area is 120 Å². The molecule has 0 bridgehead atoms. The van der Waals surface area contributed by atoms with Crippen LogP contribution in [0.3, 0.4) is 0 Å². The predicted molar refractivity (Wildman–Crippen MR) is 75.0 cm³/mol. The van der Waals surface area contributed by atoms with Crippen LogP contribution < -0.4 is 4.80 Å². The highest BCUT2D eigenvalue weighted by molar-refractivity contribution is 7.02. The third kappa shape index (κ3) is 3.74. The molecule has 1 unspecified atom stereocenters. The van der Waals surface area contributed by atoms with Gasteiger partial charge in [-0.1, -0.05) is 40.0 Å². The molecular formula is C13H16N4O2S. The number of aryl methyl sites for hydroxylation is 1. The minimum atomic E-state index is -0.578. The molecule has 1 aromatic carbocycles. The lowest BCUT2D eigenvalue weighted by Gasteiger charge is -2.10. The van der Waals surface area contributed by atoms with E-state index in [1.54, 1.807) is 18.7 Å². The van der Waals surface area contributed by atoms with Crippen LogP contribution in [0, 0.1) is 0 Å². The van der Waals surface area contributed by atoms with E-state index in [1.165, 1.54) is 0 Å². The van der Waals surface area contributed by atoms with Gasteiger partial charge in [0.15, 0.2) is 6.04 Å². The molecule has 0 saturated heterocycles. The fourth-order valence-electron chi connectivity index (χ4n) is 1.70. The third-order valence-corrected chi connectivity index (χ3v) is 3.35. The summed E-state index contributed by atoms with van der Waals surface area (Å²) in [5, 5.41) is 3.82. The van der Waals surface area contributed by atoms with E-state index in [0.29, 0.717) is 17.8 Å². The number of benzene rings is 1. The van der Waals surface area contributed by atoms with Crippen LogP contribution in [0.1, 0.15) is 12.5 Å². The average Bonchev–Trinajstić information content (AvgIpc) is 2.85. The summed E-state index contributed by atoms with van der Waals surface area (Å²) < 4.78 is 10.4. The average molecular weight is 292 g/mol. The molecule has 1 atom stereocenters. The van der Waals surface area contributed by atoms with Crippen LogP contribution in [-0.2, 0) is 23.0 Å². The Balaban J connectivity index is 2.26. The first-order valence-electron chi connectivity index (χ1n) is 6.30. The normalized spacial score (nSPS) is 13.2. The van der Waals surface area contributed by atoms with Gasteiger partial charge in [0, 0.05) is 25.0 Å². The van der Waals surface area contributed by atoms with Crippen LogP contribution in [0.4, 0.5) is 0 Å². The lowest BCUT2D eigenvalue weighted by atomic mass is 10.1. The van der Waals surface area contributed by atoms with Gasteiger partial charge in [-0.05, 0) is 12.5 Å². The topological polar surface area (TPSA) is 69.4 Å². The van der Waals surface area contributed by atoms with Crippen LogP contribution in [0.5, 0.6) is 0 Å². The summed E-state index contributed by atoms with van der Waals surface area (Å²) in [6.07, 6.45) is 0.498. The van der Waals surface area contributed by atoms with Gasteiger partial charge in [0.05, 0.1) is 6.61 Å². The molecule has 0 amide bonds. The van der Waals surface area contributed by atoms with Gasteiger partial charge in [-0.25, -0.2) is 14.5 Å². The van der Waals surface area contributed by atoms with Gasteiger partial charge < -0.3 is 4.74 Å². The summed E-state index contributed by atoms with van der Waals surface area (Å²) in [6, 6.07) is 9.16. The maximum absolute atomic E-state index is 12.0. The molecule has 0 radical (unpaired) electrons. The van der Waals surface area contributed by atoms with E-state index in [0.717, 1.165) is 17.1 Å².